The first kappa shape index (κ1) is 25.1. The van der Waals surface area contributed by atoms with E-state index in [-0.39, 0.29) is 40.3 Å². The van der Waals surface area contributed by atoms with Gasteiger partial charge in [0.1, 0.15) is 0 Å². The van der Waals surface area contributed by atoms with Gasteiger partial charge in [-0.3, -0.25) is 9.59 Å². The molecule has 1 aromatic carbocycles. The molecule has 0 bridgehead atoms. The molecule has 3 saturated carbocycles. The van der Waals surface area contributed by atoms with E-state index in [1.165, 1.54) is 30.4 Å². The van der Waals surface area contributed by atoms with E-state index in [4.69, 9.17) is 0 Å². The highest BCUT2D eigenvalue weighted by molar-refractivity contribution is 5.92. The summed E-state index contributed by atoms with van der Waals surface area (Å²) in [6.07, 6.45) is 8.01. The molecular weight excluding hydrogens is 465 g/mol. The van der Waals surface area contributed by atoms with Crippen LogP contribution in [0.15, 0.2) is 42.5 Å². The molecule has 0 aromatic heterocycles. The molecule has 0 spiro atoms. The average molecular weight is 501 g/mol. The minimum atomic E-state index is -4.46. The number of hydrogen-bond donors (Lipinski definition) is 1. The van der Waals surface area contributed by atoms with E-state index in [1.54, 1.807) is 6.08 Å². The number of nitrogens with one attached hydrogen (secondary N) is 1. The zero-order valence-corrected chi connectivity index (χ0v) is 21.1. The molecule has 4 nitrogen and oxygen atoms in total. The first-order valence-electron chi connectivity index (χ1n) is 13.1. The molecule has 7 atom stereocenters. The van der Waals surface area contributed by atoms with Crippen LogP contribution in [-0.2, 0) is 15.8 Å². The molecule has 2 amide bonds. The van der Waals surface area contributed by atoms with E-state index in [2.05, 4.69) is 25.2 Å². The van der Waals surface area contributed by atoms with E-state index >= 15 is 0 Å². The monoisotopic (exact) mass is 500 g/mol. The third-order valence-corrected chi connectivity index (χ3v) is 10.1. The molecule has 0 saturated heterocycles. The van der Waals surface area contributed by atoms with Gasteiger partial charge < -0.3 is 10.2 Å². The lowest BCUT2D eigenvalue weighted by molar-refractivity contribution is -0.139. The Bertz CT molecular complexity index is 1110. The predicted molar refractivity (Wildman–Crippen MR) is 132 cm³/mol. The number of hydrogen-bond acceptors (Lipinski definition) is 2. The Morgan fingerprint density at radius 3 is 2.58 bits per heavy atom. The molecule has 1 aromatic rings. The normalized spacial score (nSPS) is 38.0. The third kappa shape index (κ3) is 3.99. The molecule has 5 rings (SSSR count). The van der Waals surface area contributed by atoms with Crippen molar-refractivity contribution in [3.63, 3.8) is 0 Å². The first-order valence-corrected chi connectivity index (χ1v) is 13.1. The van der Waals surface area contributed by atoms with E-state index in [9.17, 15) is 22.8 Å². The summed E-state index contributed by atoms with van der Waals surface area (Å²) in [5.41, 5.74) is -0.806. The zero-order valence-electron chi connectivity index (χ0n) is 21.1. The lowest BCUT2D eigenvalue weighted by Crippen LogP contribution is -2.60. The summed E-state index contributed by atoms with van der Waals surface area (Å²) in [7, 11) is 1.92. The Labute approximate surface area is 211 Å². The molecule has 3 fully saturated rings. The van der Waals surface area contributed by atoms with Crippen LogP contribution in [0.5, 0.6) is 0 Å². The number of fused-ring (bicyclic) bond motifs is 5. The van der Waals surface area contributed by atoms with Gasteiger partial charge in [0.2, 0.25) is 11.8 Å². The second-order valence-corrected chi connectivity index (χ2v) is 11.7. The Hall–Kier alpha value is -2.57. The Balaban J connectivity index is 1.30. The van der Waals surface area contributed by atoms with Crippen molar-refractivity contribution in [2.45, 2.75) is 70.6 Å². The highest BCUT2D eigenvalue weighted by atomic mass is 19.4. The van der Waals surface area contributed by atoms with Crippen molar-refractivity contribution in [3.8, 4) is 0 Å². The summed E-state index contributed by atoms with van der Waals surface area (Å²) in [5.74, 6) is 1.30. The highest BCUT2D eigenvalue weighted by Crippen LogP contribution is 2.63. The van der Waals surface area contributed by atoms with Gasteiger partial charge >= 0.3 is 6.18 Å². The number of benzene rings is 1. The number of nitrogens with zero attached hydrogens (tertiary/aromatic N) is 1. The minimum absolute atomic E-state index is 0.00911. The van der Waals surface area contributed by atoms with Crippen LogP contribution in [0.2, 0.25) is 0 Å². The molecule has 194 valence electrons. The van der Waals surface area contributed by atoms with Gasteiger partial charge in [0.05, 0.1) is 5.56 Å². The summed E-state index contributed by atoms with van der Waals surface area (Å²) < 4.78 is 39.9. The number of halogens is 3. The molecule has 1 N–H and O–H groups in total. The second-order valence-electron chi connectivity index (χ2n) is 11.7. The zero-order chi connectivity index (χ0) is 25.9. The molecule has 1 aliphatic heterocycles. The fourth-order valence-corrected chi connectivity index (χ4v) is 8.26. The van der Waals surface area contributed by atoms with Crippen LogP contribution >= 0.6 is 0 Å². The fourth-order valence-electron chi connectivity index (χ4n) is 8.26. The molecule has 7 heteroatoms. The van der Waals surface area contributed by atoms with Crippen LogP contribution in [0.4, 0.5) is 13.2 Å². The van der Waals surface area contributed by atoms with Crippen molar-refractivity contribution < 1.29 is 22.8 Å². The van der Waals surface area contributed by atoms with Gasteiger partial charge in [-0.25, -0.2) is 0 Å². The van der Waals surface area contributed by atoms with Gasteiger partial charge in [-0.15, -0.1) is 0 Å². The largest absolute Gasteiger partial charge is 0.416 e. The van der Waals surface area contributed by atoms with Crippen LogP contribution in [0.25, 0.3) is 6.08 Å². The van der Waals surface area contributed by atoms with Crippen LogP contribution in [0, 0.1) is 28.6 Å². The summed E-state index contributed by atoms with van der Waals surface area (Å²) in [4.78, 5) is 27.0. The van der Waals surface area contributed by atoms with Crippen molar-refractivity contribution >= 4 is 17.9 Å². The second kappa shape index (κ2) is 8.77. The van der Waals surface area contributed by atoms with Gasteiger partial charge in [0.15, 0.2) is 0 Å². The maximum atomic E-state index is 13.3. The van der Waals surface area contributed by atoms with E-state index in [1.807, 2.05) is 11.9 Å². The Kier molecular flexibility index (Phi) is 6.12. The molecule has 0 radical (unpaired) electrons. The summed E-state index contributed by atoms with van der Waals surface area (Å²) >= 11 is 0. The van der Waals surface area contributed by atoms with Gasteiger partial charge in [0, 0.05) is 30.6 Å². The van der Waals surface area contributed by atoms with E-state index in [0.717, 1.165) is 44.6 Å². The van der Waals surface area contributed by atoms with Gasteiger partial charge in [-0.2, -0.15) is 13.2 Å². The number of rotatable bonds is 3. The average Bonchev–Trinajstić information content (AvgIpc) is 3.16. The number of likely N-dealkylation sites (N-methyl/N-ethyl adjacent to an activating group) is 1. The summed E-state index contributed by atoms with van der Waals surface area (Å²) in [6.45, 7) is 4.60. The van der Waals surface area contributed by atoms with Crippen molar-refractivity contribution in [3.05, 3.63) is 53.6 Å². The molecule has 1 heterocycles. The van der Waals surface area contributed by atoms with Crippen LogP contribution in [0.1, 0.15) is 63.5 Å². The molecule has 4 aliphatic rings. The number of amides is 2. The smallest absolute Gasteiger partial charge is 0.349 e. The summed E-state index contributed by atoms with van der Waals surface area (Å²) in [6, 6.07) is 5.55. The van der Waals surface area contributed by atoms with Crippen LogP contribution in [-0.4, -0.2) is 35.8 Å². The first-order chi connectivity index (χ1) is 16.9. The van der Waals surface area contributed by atoms with Crippen molar-refractivity contribution in [2.75, 3.05) is 7.05 Å². The number of carbonyl (C=O) groups is 2. The quantitative estimate of drug-likeness (QED) is 0.530. The summed E-state index contributed by atoms with van der Waals surface area (Å²) in [5, 5.41) is 3.15. The number of carbonyl (C=O) groups excluding carboxylic acids is 2. The SMILES string of the molecule is CN1C(=O)C=C[C@]2(C)[C@H]3CC[C@]4(C)[C@@H](NC(=O)C=Cc5ccccc5C(F)(F)F)CC[C@H]4[C@@H]3CC[C@@H]12. The van der Waals surface area contributed by atoms with Gasteiger partial charge in [-0.05, 0) is 85.5 Å². The van der Waals surface area contributed by atoms with E-state index < -0.39 is 11.7 Å². The maximum absolute atomic E-state index is 13.3. The highest BCUT2D eigenvalue weighted by Gasteiger charge is 2.60. The third-order valence-electron chi connectivity index (χ3n) is 10.1. The molecule has 3 aliphatic carbocycles. The lowest BCUT2D eigenvalue weighted by atomic mass is 9.48. The van der Waals surface area contributed by atoms with Gasteiger partial charge in [0.25, 0.3) is 0 Å². The van der Waals surface area contributed by atoms with Crippen LogP contribution < -0.4 is 5.32 Å². The Morgan fingerprint density at radius 2 is 1.83 bits per heavy atom. The fraction of sp³-hybridized carbons (Fsp3) is 0.586. The van der Waals surface area contributed by atoms with E-state index in [0.29, 0.717) is 17.8 Å². The predicted octanol–water partition coefficient (Wildman–Crippen LogP) is 5.84. The number of alkyl halides is 3. The van der Waals surface area contributed by atoms with Gasteiger partial charge in [-0.1, -0.05) is 38.1 Å². The van der Waals surface area contributed by atoms with Crippen molar-refractivity contribution in [1.29, 1.82) is 0 Å². The minimum Gasteiger partial charge on any atom is -0.349 e. The topological polar surface area (TPSA) is 49.4 Å². The molecule has 36 heavy (non-hydrogen) atoms. The molecular formula is C29H35F3N2O2. The lowest BCUT2D eigenvalue weighted by Gasteiger charge is -2.60. The van der Waals surface area contributed by atoms with Crippen molar-refractivity contribution in [1.82, 2.24) is 10.2 Å². The van der Waals surface area contributed by atoms with Crippen LogP contribution in [0.3, 0.4) is 0 Å². The van der Waals surface area contributed by atoms with Crippen molar-refractivity contribution in [2.24, 2.45) is 28.6 Å². The Morgan fingerprint density at radius 1 is 1.08 bits per heavy atom. The maximum Gasteiger partial charge on any atom is 0.416 e. The molecule has 0 unspecified atom stereocenters. The standard InChI is InChI=1S/C29H35F3N2O2/c1-27-16-14-22-19(9-12-24-28(22,2)17-15-26(36)34(24)3)21(27)10-11-23(27)33-25(35)13-8-18-6-4-5-7-20(18)29(30,31)32/h4-8,13,15,17,19,21-24H,9-12,14,16H2,1-3H3,(H,33,35)/t19-,21-,22-,23-,24+,27-,28+/m0/s1.